The second-order valence-electron chi connectivity index (χ2n) is 13.2. The Labute approximate surface area is 296 Å². The van der Waals surface area contributed by atoms with E-state index in [9.17, 15) is 48.6 Å². The van der Waals surface area contributed by atoms with Gasteiger partial charge in [-0.25, -0.2) is 0 Å². The second-order valence-corrected chi connectivity index (χ2v) is 13.2. The highest BCUT2D eigenvalue weighted by Crippen LogP contribution is 2.12. The molecule has 0 aliphatic heterocycles. The standard InChI is InChI=1S/C33H52N8O10/c1-15(2)25(31(49)36-14-23(35)43)41-33(51)27(17(5)6)40-30(48)22(13-24(44)45)38-32(50)26(16(3)4)39-28(46)18(7)37-29(47)21(34)12-19-8-10-20(42)11-9-19/h8-11,15-18,21-22,25-27,42H,12-14,34H2,1-7H3,(H2,35,43)(H,36,49)(H,37,47)(H,38,50)(H,39,46)(H,40,48)(H,41,51)(H,44,45)/t18-,21+,22+,25+,26+,27+/m1/s1. The minimum atomic E-state index is -1.68. The zero-order valence-corrected chi connectivity index (χ0v) is 29.9. The minimum absolute atomic E-state index is 0.0471. The van der Waals surface area contributed by atoms with Crippen LogP contribution < -0.4 is 43.4 Å². The lowest BCUT2D eigenvalue weighted by Crippen LogP contribution is -2.61. The molecule has 0 bridgehead atoms. The summed E-state index contributed by atoms with van der Waals surface area (Å²) in [6.07, 6.45) is -0.757. The number of carboxylic acid groups (broad SMARTS) is 1. The Morgan fingerprint density at radius 1 is 0.627 bits per heavy atom. The van der Waals surface area contributed by atoms with Crippen LogP contribution in [0.1, 0.15) is 60.5 Å². The summed E-state index contributed by atoms with van der Waals surface area (Å²) < 4.78 is 0. The van der Waals surface area contributed by atoms with E-state index in [1.165, 1.54) is 19.1 Å². The van der Waals surface area contributed by atoms with Crippen molar-refractivity contribution in [2.75, 3.05) is 6.54 Å². The van der Waals surface area contributed by atoms with E-state index in [1.54, 1.807) is 53.7 Å². The lowest BCUT2D eigenvalue weighted by molar-refractivity contribution is -0.142. The fraction of sp³-hybridized carbons (Fsp3) is 0.576. The molecule has 0 aromatic heterocycles. The van der Waals surface area contributed by atoms with Crippen LogP contribution in [0.25, 0.3) is 0 Å². The molecule has 0 fully saturated rings. The van der Waals surface area contributed by atoms with Gasteiger partial charge in [-0.3, -0.25) is 38.4 Å². The van der Waals surface area contributed by atoms with E-state index < -0.39 is 114 Å². The zero-order chi connectivity index (χ0) is 39.2. The summed E-state index contributed by atoms with van der Waals surface area (Å²) >= 11 is 0. The van der Waals surface area contributed by atoms with Gasteiger partial charge in [0.1, 0.15) is 36.0 Å². The molecule has 0 spiro atoms. The van der Waals surface area contributed by atoms with Crippen LogP contribution in [0.15, 0.2) is 24.3 Å². The number of nitrogens with one attached hydrogen (secondary N) is 6. The molecule has 7 amide bonds. The Morgan fingerprint density at radius 2 is 1.08 bits per heavy atom. The number of aromatic hydroxyl groups is 1. The number of carboxylic acids is 1. The van der Waals surface area contributed by atoms with Gasteiger partial charge in [-0.1, -0.05) is 53.7 Å². The Hall–Kier alpha value is -5.26. The van der Waals surface area contributed by atoms with Crippen molar-refractivity contribution in [3.63, 3.8) is 0 Å². The molecule has 0 aliphatic carbocycles. The molecule has 0 unspecified atom stereocenters. The summed E-state index contributed by atoms with van der Waals surface area (Å²) in [6.45, 7) is 10.6. The number of benzene rings is 1. The van der Waals surface area contributed by atoms with Crippen molar-refractivity contribution in [2.45, 2.75) is 97.6 Å². The van der Waals surface area contributed by atoms with Gasteiger partial charge in [0.05, 0.1) is 19.0 Å². The van der Waals surface area contributed by atoms with Gasteiger partial charge in [-0.05, 0) is 48.8 Å². The average Bonchev–Trinajstić information content (AvgIpc) is 3.03. The first-order valence-corrected chi connectivity index (χ1v) is 16.5. The number of phenols is 1. The van der Waals surface area contributed by atoms with Gasteiger partial charge >= 0.3 is 5.97 Å². The summed E-state index contributed by atoms with van der Waals surface area (Å²) in [6, 6.07) is -1.44. The quantitative estimate of drug-likeness (QED) is 0.0686. The van der Waals surface area contributed by atoms with Crippen LogP contribution in [-0.2, 0) is 44.8 Å². The van der Waals surface area contributed by atoms with Gasteiger partial charge in [0.15, 0.2) is 0 Å². The smallest absolute Gasteiger partial charge is 0.305 e. The summed E-state index contributed by atoms with van der Waals surface area (Å²) in [5.74, 6) is -8.56. The van der Waals surface area contributed by atoms with E-state index in [4.69, 9.17) is 11.5 Å². The highest BCUT2D eigenvalue weighted by molar-refractivity contribution is 5.98. The van der Waals surface area contributed by atoms with Gasteiger partial charge in [0.2, 0.25) is 41.4 Å². The molecule has 18 nitrogen and oxygen atoms in total. The molecule has 51 heavy (non-hydrogen) atoms. The van der Waals surface area contributed by atoms with Crippen molar-refractivity contribution in [2.24, 2.45) is 29.2 Å². The minimum Gasteiger partial charge on any atom is -0.508 e. The number of aliphatic carboxylic acids is 1. The first-order valence-electron chi connectivity index (χ1n) is 16.5. The monoisotopic (exact) mass is 720 g/mol. The molecule has 0 radical (unpaired) electrons. The predicted molar refractivity (Wildman–Crippen MR) is 184 cm³/mol. The maximum atomic E-state index is 13.4. The number of carbonyl (C=O) groups excluding carboxylic acids is 7. The molecule has 12 N–H and O–H groups in total. The van der Waals surface area contributed by atoms with E-state index in [0.29, 0.717) is 5.56 Å². The fourth-order valence-electron chi connectivity index (χ4n) is 4.67. The number of amides is 7. The summed E-state index contributed by atoms with van der Waals surface area (Å²) in [5, 5.41) is 33.6. The van der Waals surface area contributed by atoms with Crippen molar-refractivity contribution in [1.82, 2.24) is 31.9 Å². The molecule has 0 aliphatic rings. The highest BCUT2D eigenvalue weighted by Gasteiger charge is 2.35. The SMILES string of the molecule is CC(C)[C@H](NC(=O)[C@H](CC(=O)O)NC(=O)[C@@H](NC(=O)[C@@H](C)NC(=O)[C@@H](N)Cc1ccc(O)cc1)C(C)C)C(=O)N[C@H](C(=O)NCC(N)=O)C(C)C. The summed E-state index contributed by atoms with van der Waals surface area (Å²) in [4.78, 5) is 101. The van der Waals surface area contributed by atoms with Crippen molar-refractivity contribution in [3.8, 4) is 5.75 Å². The van der Waals surface area contributed by atoms with Crippen LogP contribution in [0.5, 0.6) is 5.75 Å². The fourth-order valence-corrected chi connectivity index (χ4v) is 4.67. The third kappa shape index (κ3) is 15.0. The molecule has 0 saturated heterocycles. The third-order valence-electron chi connectivity index (χ3n) is 7.67. The van der Waals surface area contributed by atoms with Crippen LogP contribution >= 0.6 is 0 Å². The van der Waals surface area contributed by atoms with E-state index >= 15 is 0 Å². The second kappa shape index (κ2) is 20.4. The summed E-state index contributed by atoms with van der Waals surface area (Å²) in [7, 11) is 0. The molecular weight excluding hydrogens is 668 g/mol. The maximum absolute atomic E-state index is 13.4. The molecule has 1 rings (SSSR count). The molecule has 18 heteroatoms. The molecule has 1 aromatic rings. The van der Waals surface area contributed by atoms with E-state index in [-0.39, 0.29) is 12.2 Å². The zero-order valence-electron chi connectivity index (χ0n) is 29.9. The Bertz CT molecular complexity index is 1420. The molecular formula is C33H52N8O10. The Balaban J connectivity index is 3.02. The van der Waals surface area contributed by atoms with E-state index in [0.717, 1.165) is 0 Å². The Morgan fingerprint density at radius 3 is 1.55 bits per heavy atom. The van der Waals surface area contributed by atoms with Gasteiger partial charge in [0.25, 0.3) is 0 Å². The van der Waals surface area contributed by atoms with Gasteiger partial charge < -0.3 is 53.6 Å². The van der Waals surface area contributed by atoms with Crippen molar-refractivity contribution in [3.05, 3.63) is 29.8 Å². The number of hydrogen-bond donors (Lipinski definition) is 10. The topological polar surface area (TPSA) is 301 Å². The number of rotatable bonds is 20. The number of nitrogens with two attached hydrogens (primary N) is 2. The maximum Gasteiger partial charge on any atom is 0.305 e. The Kier molecular flexibility index (Phi) is 17.5. The van der Waals surface area contributed by atoms with Gasteiger partial charge in [0, 0.05) is 0 Å². The van der Waals surface area contributed by atoms with Gasteiger partial charge in [-0.15, -0.1) is 0 Å². The average molecular weight is 721 g/mol. The molecule has 0 heterocycles. The van der Waals surface area contributed by atoms with Crippen molar-refractivity contribution >= 4 is 47.3 Å². The lowest BCUT2D eigenvalue weighted by Gasteiger charge is -2.29. The molecule has 0 saturated carbocycles. The van der Waals surface area contributed by atoms with E-state index in [1.807, 2.05) is 0 Å². The van der Waals surface area contributed by atoms with Crippen LogP contribution in [0.3, 0.4) is 0 Å². The van der Waals surface area contributed by atoms with E-state index in [2.05, 4.69) is 31.9 Å². The van der Waals surface area contributed by atoms with Crippen molar-refractivity contribution < 1.29 is 48.6 Å². The van der Waals surface area contributed by atoms with Gasteiger partial charge in [-0.2, -0.15) is 0 Å². The number of hydrogen-bond acceptors (Lipinski definition) is 10. The number of phenolic OH excluding ortho intramolecular Hbond substituents is 1. The molecule has 1 aromatic carbocycles. The predicted octanol–water partition coefficient (Wildman–Crippen LogP) is -2.25. The van der Waals surface area contributed by atoms with Crippen molar-refractivity contribution in [1.29, 1.82) is 0 Å². The van der Waals surface area contributed by atoms with Crippen LogP contribution in [-0.4, -0.2) is 100 Å². The van der Waals surface area contributed by atoms with Crippen LogP contribution in [0.4, 0.5) is 0 Å². The lowest BCUT2D eigenvalue weighted by atomic mass is 9.99. The molecule has 284 valence electrons. The number of primary amides is 1. The third-order valence-corrected chi connectivity index (χ3v) is 7.67. The number of carbonyl (C=O) groups is 8. The van der Waals surface area contributed by atoms with Crippen LogP contribution in [0.2, 0.25) is 0 Å². The first-order chi connectivity index (χ1) is 23.6. The molecule has 6 atom stereocenters. The highest BCUT2D eigenvalue weighted by atomic mass is 16.4. The normalized spacial score (nSPS) is 14.6. The largest absolute Gasteiger partial charge is 0.508 e. The van der Waals surface area contributed by atoms with Crippen LogP contribution in [0, 0.1) is 17.8 Å². The first kappa shape index (κ1) is 43.8. The summed E-state index contributed by atoms with van der Waals surface area (Å²) in [5.41, 5.74) is 11.7.